The van der Waals surface area contributed by atoms with Gasteiger partial charge in [0, 0.05) is 12.5 Å². The van der Waals surface area contributed by atoms with E-state index in [1.54, 1.807) is 25.3 Å². The molecule has 2 aliphatic rings. The Morgan fingerprint density at radius 3 is 2.37 bits per heavy atom. The number of carbonyl (C=O) groups is 2. The molecule has 5 N–H and O–H groups in total. The van der Waals surface area contributed by atoms with Crippen LogP contribution in [0, 0.1) is 5.92 Å². The lowest BCUT2D eigenvalue weighted by molar-refractivity contribution is -0.117. The highest BCUT2D eigenvalue weighted by atomic mass is 16.5. The molecule has 38 heavy (non-hydrogen) atoms. The van der Waals surface area contributed by atoms with Crippen LogP contribution in [0.2, 0.25) is 0 Å². The monoisotopic (exact) mass is 524 g/mol. The molecule has 8 nitrogen and oxygen atoms in total. The van der Waals surface area contributed by atoms with Gasteiger partial charge in [0.25, 0.3) is 5.91 Å². The van der Waals surface area contributed by atoms with Crippen LogP contribution in [0.5, 0.6) is 11.5 Å². The number of amides is 1. The zero-order valence-corrected chi connectivity index (χ0v) is 23.1. The molecule has 1 atom stereocenters. The maximum absolute atomic E-state index is 11.4. The van der Waals surface area contributed by atoms with Crippen molar-refractivity contribution in [3.8, 4) is 11.5 Å². The van der Waals surface area contributed by atoms with Crippen LogP contribution in [0.25, 0.3) is 0 Å². The maximum atomic E-state index is 11.4. The lowest BCUT2D eigenvalue weighted by atomic mass is 9.86. The number of nitrogens with two attached hydrogens (primary N) is 2. The summed E-state index contributed by atoms with van der Waals surface area (Å²) in [5.41, 5.74) is 14.0. The number of rotatable bonds is 8. The van der Waals surface area contributed by atoms with Gasteiger partial charge in [0.15, 0.2) is 17.5 Å². The molecule has 0 heterocycles. The topological polar surface area (TPSA) is 129 Å². The second-order valence-electron chi connectivity index (χ2n) is 9.62. The van der Waals surface area contributed by atoms with Crippen LogP contribution in [0.3, 0.4) is 0 Å². The highest BCUT2D eigenvalue weighted by Gasteiger charge is 2.19. The van der Waals surface area contributed by atoms with Crippen molar-refractivity contribution in [1.29, 1.82) is 0 Å². The van der Waals surface area contributed by atoms with Crippen LogP contribution in [-0.4, -0.2) is 39.4 Å². The minimum Gasteiger partial charge on any atom is -0.493 e. The summed E-state index contributed by atoms with van der Waals surface area (Å²) in [6, 6.07) is 14.5. The van der Waals surface area contributed by atoms with Gasteiger partial charge in [-0.25, -0.2) is 0 Å². The van der Waals surface area contributed by atoms with Gasteiger partial charge in [-0.1, -0.05) is 62.4 Å². The Kier molecular flexibility index (Phi) is 13.9. The Morgan fingerprint density at radius 1 is 1.03 bits per heavy atom. The second kappa shape index (κ2) is 17.2. The third-order valence-electron chi connectivity index (χ3n) is 6.96. The number of guanidine groups is 1. The van der Waals surface area contributed by atoms with E-state index in [2.05, 4.69) is 34.6 Å². The molecule has 0 aliphatic heterocycles. The number of carbonyl (C=O) groups excluding carboxylic acids is 2. The first-order valence-corrected chi connectivity index (χ1v) is 13.4. The quantitative estimate of drug-likeness (QED) is 0.264. The van der Waals surface area contributed by atoms with Crippen molar-refractivity contribution >= 4 is 18.2 Å². The number of fused-ring (bicyclic) bond motifs is 1. The average molecular weight is 525 g/mol. The number of ether oxygens (including phenoxy) is 2. The van der Waals surface area contributed by atoms with Crippen molar-refractivity contribution < 1.29 is 19.1 Å². The average Bonchev–Trinajstić information content (AvgIpc) is 3.36. The first kappa shape index (κ1) is 30.8. The van der Waals surface area contributed by atoms with Gasteiger partial charge in [0.05, 0.1) is 20.6 Å². The van der Waals surface area contributed by atoms with E-state index in [0.29, 0.717) is 17.5 Å². The van der Waals surface area contributed by atoms with Gasteiger partial charge in [0.2, 0.25) is 0 Å². The van der Waals surface area contributed by atoms with Gasteiger partial charge in [-0.2, -0.15) is 4.99 Å². The zero-order valence-electron chi connectivity index (χ0n) is 23.1. The van der Waals surface area contributed by atoms with E-state index >= 15 is 0 Å². The summed E-state index contributed by atoms with van der Waals surface area (Å²) in [4.78, 5) is 24.8. The molecule has 0 aromatic heterocycles. The molecule has 0 bridgehead atoms. The van der Waals surface area contributed by atoms with Crippen LogP contribution in [0.4, 0.5) is 0 Å². The number of nitrogens with one attached hydrogen (secondary N) is 1. The Hall–Kier alpha value is -3.39. The number of aliphatic imine (C=N–C) groups is 1. The lowest BCUT2D eigenvalue weighted by Gasteiger charge is -2.19. The normalized spacial score (nSPS) is 16.0. The molecule has 0 saturated heterocycles. The van der Waals surface area contributed by atoms with Gasteiger partial charge in [-0.3, -0.25) is 4.79 Å². The van der Waals surface area contributed by atoms with Gasteiger partial charge in [0.1, 0.15) is 6.29 Å². The van der Waals surface area contributed by atoms with E-state index in [9.17, 15) is 9.59 Å². The number of hydrogen-bond acceptors (Lipinski definition) is 5. The van der Waals surface area contributed by atoms with Crippen LogP contribution < -0.4 is 26.3 Å². The van der Waals surface area contributed by atoms with Crippen molar-refractivity contribution in [3.63, 3.8) is 0 Å². The highest BCUT2D eigenvalue weighted by molar-refractivity contribution is 5.92. The molecule has 2 aromatic carbocycles. The number of hydrogen-bond donors (Lipinski definition) is 3. The predicted molar refractivity (Wildman–Crippen MR) is 153 cm³/mol. The standard InChI is InChI=1S/C11H15N3O3.C10H13N.C9H16O/c1-16-8-4-3-7(5-9(8)17-2)6-10(15)14-11(12)13;1-11-10-7-6-8-4-2-3-5-9(8)10;10-8-4-7-9-5-2-1-3-6-9/h3-5H,6H2,1-2H3,(H4,12,13,14,15);2-5,10-11H,6-7H2,1H3;8-9H,1-7H2. The first-order valence-electron chi connectivity index (χ1n) is 13.4. The summed E-state index contributed by atoms with van der Waals surface area (Å²) in [5.74, 6) is 1.39. The molecule has 1 saturated carbocycles. The molecular formula is C30H44N4O4. The highest BCUT2D eigenvalue weighted by Crippen LogP contribution is 2.30. The van der Waals surface area contributed by atoms with Crippen molar-refractivity contribution in [2.75, 3.05) is 21.3 Å². The third kappa shape index (κ3) is 10.5. The maximum Gasteiger partial charge on any atom is 0.253 e. The Morgan fingerprint density at radius 2 is 1.74 bits per heavy atom. The summed E-state index contributed by atoms with van der Waals surface area (Å²) in [6.45, 7) is 0. The van der Waals surface area contributed by atoms with Crippen molar-refractivity contribution in [2.24, 2.45) is 22.4 Å². The van der Waals surface area contributed by atoms with Gasteiger partial charge >= 0.3 is 0 Å². The number of methoxy groups -OCH3 is 2. The van der Waals surface area contributed by atoms with Gasteiger partial charge in [-0.05, 0) is 61.1 Å². The number of aryl methyl sites for hydroxylation is 1. The van der Waals surface area contributed by atoms with Crippen molar-refractivity contribution in [3.05, 3.63) is 59.2 Å². The van der Waals surface area contributed by atoms with E-state index in [1.807, 2.05) is 7.05 Å². The summed E-state index contributed by atoms with van der Waals surface area (Å²) in [5, 5.41) is 3.32. The fourth-order valence-electron chi connectivity index (χ4n) is 4.99. The van der Waals surface area contributed by atoms with Crippen LogP contribution in [-0.2, 0) is 22.4 Å². The third-order valence-corrected chi connectivity index (χ3v) is 6.96. The minimum absolute atomic E-state index is 0.109. The molecule has 2 aromatic rings. The minimum atomic E-state index is -0.405. The zero-order chi connectivity index (χ0) is 27.8. The number of nitrogens with zero attached hydrogens (tertiary/aromatic N) is 1. The number of benzene rings is 2. The van der Waals surface area contributed by atoms with Crippen molar-refractivity contribution in [1.82, 2.24) is 5.32 Å². The van der Waals surface area contributed by atoms with Crippen LogP contribution in [0.15, 0.2) is 47.5 Å². The SMILES string of the molecule is CNC1CCc2ccccc21.COc1ccc(CC(=O)N=C(N)N)cc1OC.O=CCCC1CCCCC1. The Balaban J connectivity index is 0.000000209. The summed E-state index contributed by atoms with van der Waals surface area (Å²) in [6.07, 6.45) is 12.5. The van der Waals surface area contributed by atoms with Crippen LogP contribution in [0.1, 0.15) is 74.1 Å². The molecule has 0 radical (unpaired) electrons. The lowest BCUT2D eigenvalue weighted by Crippen LogP contribution is -2.24. The van der Waals surface area contributed by atoms with E-state index in [4.69, 9.17) is 20.9 Å². The summed E-state index contributed by atoms with van der Waals surface area (Å²) in [7, 11) is 5.11. The molecule has 4 rings (SSSR count). The van der Waals surface area contributed by atoms with Gasteiger partial charge < -0.3 is 31.1 Å². The molecular weight excluding hydrogens is 480 g/mol. The van der Waals surface area contributed by atoms with Crippen LogP contribution >= 0.6 is 0 Å². The smallest absolute Gasteiger partial charge is 0.253 e. The molecule has 208 valence electrons. The molecule has 2 aliphatic carbocycles. The number of aldehydes is 1. The fourth-order valence-corrected chi connectivity index (χ4v) is 4.99. The van der Waals surface area contributed by atoms with E-state index in [-0.39, 0.29) is 12.4 Å². The van der Waals surface area contributed by atoms with E-state index < -0.39 is 5.91 Å². The Bertz CT molecular complexity index is 1030. The molecule has 1 amide bonds. The predicted octanol–water partition coefficient (Wildman–Crippen LogP) is 4.49. The van der Waals surface area contributed by atoms with Gasteiger partial charge in [-0.15, -0.1) is 0 Å². The largest absolute Gasteiger partial charge is 0.493 e. The summed E-state index contributed by atoms with van der Waals surface area (Å²) < 4.78 is 10.2. The van der Waals surface area contributed by atoms with Crippen molar-refractivity contribution in [2.45, 2.75) is 70.3 Å². The summed E-state index contributed by atoms with van der Waals surface area (Å²) >= 11 is 0. The second-order valence-corrected chi connectivity index (χ2v) is 9.62. The molecule has 1 unspecified atom stereocenters. The molecule has 0 spiro atoms. The molecule has 1 fully saturated rings. The van der Waals surface area contributed by atoms with E-state index in [1.165, 1.54) is 63.2 Å². The fraction of sp³-hybridized carbons (Fsp3) is 0.500. The van der Waals surface area contributed by atoms with E-state index in [0.717, 1.165) is 30.6 Å². The first-order chi connectivity index (χ1) is 18.4. The molecule has 8 heteroatoms. The Labute approximate surface area is 227 Å².